The molecule has 1 aromatic heterocycles. The largest absolute Gasteiger partial charge is 0.392 e. The highest BCUT2D eigenvalue weighted by atomic mass is 19.1. The predicted octanol–water partition coefficient (Wildman–Crippen LogP) is 3.90. The van der Waals surface area contributed by atoms with E-state index in [9.17, 15) is 9.50 Å². The number of benzene rings is 1. The van der Waals surface area contributed by atoms with Crippen molar-refractivity contribution in [1.82, 2.24) is 9.47 Å². The molecule has 0 aliphatic heterocycles. The first kappa shape index (κ1) is 18.7. The fourth-order valence-corrected chi connectivity index (χ4v) is 2.84. The molecule has 2 rings (SSSR count). The van der Waals surface area contributed by atoms with E-state index in [1.807, 2.05) is 31.3 Å². The standard InChI is InChI=1S/C20H29FN2O/c1-16(2)10-12-22(13-17(3)24)15-19-8-6-11-23(19)14-18-7-4-5-9-20(18)21/h4-9,11,16-17,24H,10,12-15H2,1-3H3. The molecule has 1 aromatic carbocycles. The van der Waals surface area contributed by atoms with Crippen molar-refractivity contribution in [3.05, 3.63) is 59.7 Å². The van der Waals surface area contributed by atoms with E-state index in [4.69, 9.17) is 0 Å². The van der Waals surface area contributed by atoms with Crippen molar-refractivity contribution in [2.75, 3.05) is 13.1 Å². The van der Waals surface area contributed by atoms with E-state index in [2.05, 4.69) is 29.4 Å². The molecule has 0 radical (unpaired) electrons. The zero-order chi connectivity index (χ0) is 17.5. The topological polar surface area (TPSA) is 28.4 Å². The molecule has 0 fully saturated rings. The number of aliphatic hydroxyl groups excluding tert-OH is 1. The fourth-order valence-electron chi connectivity index (χ4n) is 2.84. The molecule has 0 saturated heterocycles. The van der Waals surface area contributed by atoms with Crippen LogP contribution < -0.4 is 0 Å². The third-order valence-electron chi connectivity index (χ3n) is 4.15. The van der Waals surface area contributed by atoms with Crippen molar-refractivity contribution in [3.63, 3.8) is 0 Å². The van der Waals surface area contributed by atoms with Crippen LogP contribution in [0.2, 0.25) is 0 Å². The third kappa shape index (κ3) is 5.77. The van der Waals surface area contributed by atoms with Crippen molar-refractivity contribution < 1.29 is 9.50 Å². The van der Waals surface area contributed by atoms with E-state index in [0.29, 0.717) is 24.6 Å². The lowest BCUT2D eigenvalue weighted by atomic mass is 10.1. The SMILES string of the molecule is CC(C)CCN(Cc1cccn1Cc1ccccc1F)CC(C)O. The molecule has 0 aliphatic carbocycles. The van der Waals surface area contributed by atoms with Gasteiger partial charge in [0.1, 0.15) is 5.82 Å². The summed E-state index contributed by atoms with van der Waals surface area (Å²) in [6, 6.07) is 11.0. The average Bonchev–Trinajstić information content (AvgIpc) is 2.93. The fraction of sp³-hybridized carbons (Fsp3) is 0.500. The van der Waals surface area contributed by atoms with Crippen molar-refractivity contribution in [1.29, 1.82) is 0 Å². The lowest BCUT2D eigenvalue weighted by molar-refractivity contribution is 0.117. The zero-order valence-corrected chi connectivity index (χ0v) is 15.0. The van der Waals surface area contributed by atoms with Crippen molar-refractivity contribution in [2.24, 2.45) is 5.92 Å². The van der Waals surface area contributed by atoms with Gasteiger partial charge in [0.05, 0.1) is 12.6 Å². The molecule has 0 spiro atoms. The van der Waals surface area contributed by atoms with Crippen LogP contribution in [-0.4, -0.2) is 33.8 Å². The molecular weight excluding hydrogens is 303 g/mol. The Kier molecular flexibility index (Phi) is 7.00. The van der Waals surface area contributed by atoms with E-state index in [1.165, 1.54) is 6.07 Å². The van der Waals surface area contributed by atoms with Gasteiger partial charge in [0.2, 0.25) is 0 Å². The molecule has 132 valence electrons. The molecule has 1 heterocycles. The molecule has 2 aromatic rings. The molecule has 4 heteroatoms. The maximum absolute atomic E-state index is 13.9. The molecule has 1 N–H and O–H groups in total. The van der Waals surface area contributed by atoms with E-state index in [-0.39, 0.29) is 11.9 Å². The second kappa shape index (κ2) is 9.00. The van der Waals surface area contributed by atoms with Gasteiger partial charge in [-0.3, -0.25) is 4.90 Å². The first-order valence-corrected chi connectivity index (χ1v) is 8.73. The monoisotopic (exact) mass is 332 g/mol. The summed E-state index contributed by atoms with van der Waals surface area (Å²) in [6.45, 7) is 9.13. The maximum Gasteiger partial charge on any atom is 0.128 e. The Morgan fingerprint density at radius 2 is 1.88 bits per heavy atom. The minimum absolute atomic E-state index is 0.169. The van der Waals surface area contributed by atoms with Gasteiger partial charge >= 0.3 is 0 Å². The predicted molar refractivity (Wildman–Crippen MR) is 96.3 cm³/mol. The van der Waals surface area contributed by atoms with Crippen LogP contribution >= 0.6 is 0 Å². The van der Waals surface area contributed by atoms with Gasteiger partial charge in [-0.1, -0.05) is 32.0 Å². The van der Waals surface area contributed by atoms with Crippen LogP contribution in [0.3, 0.4) is 0 Å². The molecule has 24 heavy (non-hydrogen) atoms. The summed E-state index contributed by atoms with van der Waals surface area (Å²) in [4.78, 5) is 2.28. The van der Waals surface area contributed by atoms with Crippen LogP contribution in [0.1, 0.15) is 38.4 Å². The molecule has 1 atom stereocenters. The van der Waals surface area contributed by atoms with Gasteiger partial charge in [-0.05, 0) is 44.0 Å². The van der Waals surface area contributed by atoms with E-state index >= 15 is 0 Å². The van der Waals surface area contributed by atoms with Crippen molar-refractivity contribution in [2.45, 2.75) is 46.4 Å². The molecule has 0 aliphatic rings. The Hall–Kier alpha value is -1.65. The number of rotatable bonds is 9. The molecule has 0 saturated carbocycles. The summed E-state index contributed by atoms with van der Waals surface area (Å²) >= 11 is 0. The second-order valence-corrected chi connectivity index (χ2v) is 6.99. The molecule has 3 nitrogen and oxygen atoms in total. The lowest BCUT2D eigenvalue weighted by Crippen LogP contribution is -2.32. The van der Waals surface area contributed by atoms with Gasteiger partial charge in [-0.2, -0.15) is 0 Å². The number of hydrogen-bond donors (Lipinski definition) is 1. The van der Waals surface area contributed by atoms with Gasteiger partial charge < -0.3 is 9.67 Å². The van der Waals surface area contributed by atoms with Gasteiger partial charge in [-0.15, -0.1) is 0 Å². The van der Waals surface area contributed by atoms with Crippen molar-refractivity contribution in [3.8, 4) is 0 Å². The van der Waals surface area contributed by atoms with E-state index < -0.39 is 0 Å². The Bertz CT molecular complexity index is 622. The summed E-state index contributed by atoms with van der Waals surface area (Å²) in [5.41, 5.74) is 1.84. The second-order valence-electron chi connectivity index (χ2n) is 6.99. The third-order valence-corrected chi connectivity index (χ3v) is 4.15. The number of aliphatic hydroxyl groups is 1. The van der Waals surface area contributed by atoms with E-state index in [1.54, 1.807) is 6.07 Å². The average molecular weight is 332 g/mol. The molecular formula is C20H29FN2O. The first-order valence-electron chi connectivity index (χ1n) is 8.73. The number of halogens is 1. The zero-order valence-electron chi connectivity index (χ0n) is 15.0. The summed E-state index contributed by atoms with van der Waals surface area (Å²) in [6.07, 6.45) is 2.73. The summed E-state index contributed by atoms with van der Waals surface area (Å²) in [7, 11) is 0. The Morgan fingerprint density at radius 1 is 1.12 bits per heavy atom. The van der Waals surface area contributed by atoms with Gasteiger partial charge in [0.15, 0.2) is 0 Å². The van der Waals surface area contributed by atoms with Crippen LogP contribution in [0.5, 0.6) is 0 Å². The summed E-state index contributed by atoms with van der Waals surface area (Å²) in [5.74, 6) is 0.462. The van der Waals surface area contributed by atoms with Crippen LogP contribution in [0.15, 0.2) is 42.6 Å². The lowest BCUT2D eigenvalue weighted by Gasteiger charge is -2.25. The Balaban J connectivity index is 2.08. The smallest absolute Gasteiger partial charge is 0.128 e. The number of nitrogens with zero attached hydrogens (tertiary/aromatic N) is 2. The van der Waals surface area contributed by atoms with Gasteiger partial charge in [0, 0.05) is 30.5 Å². The maximum atomic E-state index is 13.9. The Morgan fingerprint density at radius 3 is 2.54 bits per heavy atom. The van der Waals surface area contributed by atoms with Crippen molar-refractivity contribution >= 4 is 0 Å². The summed E-state index contributed by atoms with van der Waals surface area (Å²) < 4.78 is 16.0. The minimum Gasteiger partial charge on any atom is -0.392 e. The molecule has 1 unspecified atom stereocenters. The van der Waals surface area contributed by atoms with E-state index in [0.717, 1.165) is 25.2 Å². The summed E-state index contributed by atoms with van der Waals surface area (Å²) in [5, 5.41) is 9.76. The minimum atomic E-state index is -0.354. The van der Waals surface area contributed by atoms with Gasteiger partial charge in [-0.25, -0.2) is 4.39 Å². The number of hydrogen-bond acceptors (Lipinski definition) is 2. The molecule has 0 amide bonds. The highest BCUT2D eigenvalue weighted by molar-refractivity contribution is 5.19. The van der Waals surface area contributed by atoms with Crippen LogP contribution in [0.4, 0.5) is 4.39 Å². The molecule has 0 bridgehead atoms. The normalized spacial score (nSPS) is 13.0. The quantitative estimate of drug-likeness (QED) is 0.754. The van der Waals surface area contributed by atoms with Crippen LogP contribution in [-0.2, 0) is 13.1 Å². The first-order chi connectivity index (χ1) is 11.5. The van der Waals surface area contributed by atoms with Gasteiger partial charge in [0.25, 0.3) is 0 Å². The number of aromatic nitrogens is 1. The highest BCUT2D eigenvalue weighted by Crippen LogP contribution is 2.14. The van der Waals surface area contributed by atoms with Crippen LogP contribution in [0.25, 0.3) is 0 Å². The highest BCUT2D eigenvalue weighted by Gasteiger charge is 2.13. The Labute approximate surface area is 144 Å². The van der Waals surface area contributed by atoms with Crippen LogP contribution in [0, 0.1) is 11.7 Å².